The van der Waals surface area contributed by atoms with Crippen molar-refractivity contribution >= 4 is 21.6 Å². The van der Waals surface area contributed by atoms with Gasteiger partial charge in [-0.15, -0.1) is 0 Å². The maximum atomic E-state index is 13.0. The molecular formula is C11H16ClFN2O3S. The Bertz CT molecular complexity index is 511. The topological polar surface area (TPSA) is 67.4 Å². The first-order valence-electron chi connectivity index (χ1n) is 5.62. The van der Waals surface area contributed by atoms with Crippen LogP contribution in [0.1, 0.15) is 0 Å². The molecule has 0 amide bonds. The lowest BCUT2D eigenvalue weighted by Gasteiger charge is -2.09. The predicted molar refractivity (Wildman–Crippen MR) is 71.3 cm³/mol. The molecule has 1 aromatic carbocycles. The van der Waals surface area contributed by atoms with Crippen LogP contribution in [0.4, 0.5) is 4.39 Å². The molecule has 0 heterocycles. The van der Waals surface area contributed by atoms with Crippen molar-refractivity contribution in [2.24, 2.45) is 0 Å². The number of hydrogen-bond acceptors (Lipinski definition) is 4. The summed E-state index contributed by atoms with van der Waals surface area (Å²) in [7, 11) is -2.22. The Balaban J connectivity index is 2.54. The molecule has 0 saturated heterocycles. The van der Waals surface area contributed by atoms with E-state index < -0.39 is 15.8 Å². The van der Waals surface area contributed by atoms with Crippen LogP contribution in [0.15, 0.2) is 23.1 Å². The Labute approximate surface area is 117 Å². The number of sulfonamides is 1. The van der Waals surface area contributed by atoms with Crippen LogP contribution in [0, 0.1) is 5.82 Å². The number of rotatable bonds is 8. The third-order valence-electron chi connectivity index (χ3n) is 2.26. The van der Waals surface area contributed by atoms with Gasteiger partial charge < -0.3 is 10.1 Å². The van der Waals surface area contributed by atoms with Gasteiger partial charge in [-0.2, -0.15) is 0 Å². The number of halogens is 2. The standard InChI is InChI=1S/C11H16ClFN2O3S/c1-18-7-6-14-4-5-15-19(16,17)11-8-9(13)2-3-10(11)12/h2-3,8,14-15H,4-7H2,1H3. The van der Waals surface area contributed by atoms with Gasteiger partial charge in [0.15, 0.2) is 0 Å². The van der Waals surface area contributed by atoms with Crippen molar-refractivity contribution in [1.29, 1.82) is 0 Å². The molecule has 0 atom stereocenters. The highest BCUT2D eigenvalue weighted by atomic mass is 35.5. The second-order valence-corrected chi connectivity index (χ2v) is 5.86. The molecule has 8 heteroatoms. The van der Waals surface area contributed by atoms with Gasteiger partial charge >= 0.3 is 0 Å². The molecule has 0 radical (unpaired) electrons. The summed E-state index contributed by atoms with van der Waals surface area (Å²) in [5, 5.41) is 2.96. The van der Waals surface area contributed by atoms with Crippen molar-refractivity contribution in [3.63, 3.8) is 0 Å². The molecule has 19 heavy (non-hydrogen) atoms. The Kier molecular flexibility index (Phi) is 6.67. The highest BCUT2D eigenvalue weighted by Gasteiger charge is 2.17. The van der Waals surface area contributed by atoms with Gasteiger partial charge in [0.2, 0.25) is 10.0 Å². The molecule has 0 aliphatic rings. The number of nitrogens with one attached hydrogen (secondary N) is 2. The monoisotopic (exact) mass is 310 g/mol. The summed E-state index contributed by atoms with van der Waals surface area (Å²) < 4.78 is 44.0. The average molecular weight is 311 g/mol. The molecule has 0 saturated carbocycles. The van der Waals surface area contributed by atoms with Crippen LogP contribution in [-0.2, 0) is 14.8 Å². The fraction of sp³-hybridized carbons (Fsp3) is 0.455. The zero-order valence-electron chi connectivity index (χ0n) is 10.4. The summed E-state index contributed by atoms with van der Waals surface area (Å²) >= 11 is 5.74. The van der Waals surface area contributed by atoms with E-state index in [2.05, 4.69) is 10.0 Å². The van der Waals surface area contributed by atoms with Crippen LogP contribution in [0.5, 0.6) is 0 Å². The maximum Gasteiger partial charge on any atom is 0.242 e. The third-order valence-corrected chi connectivity index (χ3v) is 4.20. The zero-order chi connectivity index (χ0) is 14.3. The van der Waals surface area contributed by atoms with E-state index in [0.717, 1.165) is 12.1 Å². The van der Waals surface area contributed by atoms with Gasteiger partial charge in [0.1, 0.15) is 10.7 Å². The van der Waals surface area contributed by atoms with E-state index in [1.807, 2.05) is 0 Å². The quantitative estimate of drug-likeness (QED) is 0.703. The van der Waals surface area contributed by atoms with Crippen LogP contribution in [0.3, 0.4) is 0 Å². The van der Waals surface area contributed by atoms with E-state index in [4.69, 9.17) is 16.3 Å². The minimum absolute atomic E-state index is 0.0127. The second kappa shape index (κ2) is 7.76. The maximum absolute atomic E-state index is 13.0. The lowest BCUT2D eigenvalue weighted by atomic mass is 10.3. The summed E-state index contributed by atoms with van der Waals surface area (Å²) in [4.78, 5) is -0.258. The Morgan fingerprint density at radius 2 is 2.05 bits per heavy atom. The molecule has 1 aromatic rings. The van der Waals surface area contributed by atoms with Crippen LogP contribution >= 0.6 is 11.6 Å². The molecule has 0 spiro atoms. The Morgan fingerprint density at radius 3 is 2.74 bits per heavy atom. The summed E-state index contributed by atoms with van der Waals surface area (Å²) in [6, 6.07) is 3.21. The van der Waals surface area contributed by atoms with Crippen molar-refractivity contribution in [1.82, 2.24) is 10.0 Å². The molecule has 2 N–H and O–H groups in total. The third kappa shape index (κ3) is 5.42. The van der Waals surface area contributed by atoms with E-state index in [0.29, 0.717) is 19.7 Å². The molecule has 0 unspecified atom stereocenters. The first kappa shape index (κ1) is 16.3. The normalized spacial score (nSPS) is 11.7. The van der Waals surface area contributed by atoms with Crippen LogP contribution in [0.25, 0.3) is 0 Å². The fourth-order valence-electron chi connectivity index (χ4n) is 1.33. The van der Waals surface area contributed by atoms with Gasteiger partial charge in [0.25, 0.3) is 0 Å². The summed E-state index contributed by atoms with van der Waals surface area (Å²) in [5.74, 6) is -0.650. The first-order chi connectivity index (χ1) is 8.97. The summed E-state index contributed by atoms with van der Waals surface area (Å²) in [6.07, 6.45) is 0. The van der Waals surface area contributed by atoms with E-state index in [9.17, 15) is 12.8 Å². The van der Waals surface area contributed by atoms with E-state index in [1.165, 1.54) is 6.07 Å². The number of ether oxygens (including phenoxy) is 1. The van der Waals surface area contributed by atoms with Crippen LogP contribution in [-0.4, -0.2) is 41.8 Å². The van der Waals surface area contributed by atoms with Gasteiger partial charge in [-0.25, -0.2) is 17.5 Å². The van der Waals surface area contributed by atoms with E-state index in [-0.39, 0.29) is 16.5 Å². The first-order valence-corrected chi connectivity index (χ1v) is 7.48. The Hall–Kier alpha value is -0.730. The lowest BCUT2D eigenvalue weighted by Crippen LogP contribution is -2.33. The average Bonchev–Trinajstić information content (AvgIpc) is 2.36. The molecule has 0 bridgehead atoms. The smallest absolute Gasteiger partial charge is 0.242 e. The second-order valence-electron chi connectivity index (χ2n) is 3.72. The van der Waals surface area contributed by atoms with Gasteiger partial charge in [0.05, 0.1) is 11.6 Å². The molecule has 0 aliphatic heterocycles. The van der Waals surface area contributed by atoms with Gasteiger partial charge in [0, 0.05) is 26.7 Å². The highest BCUT2D eigenvalue weighted by molar-refractivity contribution is 7.89. The number of hydrogen-bond donors (Lipinski definition) is 2. The van der Waals surface area contributed by atoms with Crippen molar-refractivity contribution in [3.05, 3.63) is 29.0 Å². The SMILES string of the molecule is COCCNCCNS(=O)(=O)c1cc(F)ccc1Cl. The number of methoxy groups -OCH3 is 1. The molecule has 108 valence electrons. The van der Waals surface area contributed by atoms with Crippen molar-refractivity contribution < 1.29 is 17.5 Å². The van der Waals surface area contributed by atoms with Crippen LogP contribution in [0.2, 0.25) is 5.02 Å². The molecule has 1 rings (SSSR count). The van der Waals surface area contributed by atoms with E-state index in [1.54, 1.807) is 7.11 Å². The zero-order valence-corrected chi connectivity index (χ0v) is 12.0. The van der Waals surface area contributed by atoms with Gasteiger partial charge in [-0.1, -0.05) is 11.6 Å². The summed E-state index contributed by atoms with van der Waals surface area (Å²) in [5.41, 5.74) is 0. The van der Waals surface area contributed by atoms with Crippen molar-refractivity contribution in [2.75, 3.05) is 33.4 Å². The highest BCUT2D eigenvalue weighted by Crippen LogP contribution is 2.21. The number of benzene rings is 1. The van der Waals surface area contributed by atoms with Crippen molar-refractivity contribution in [3.8, 4) is 0 Å². The lowest BCUT2D eigenvalue weighted by molar-refractivity contribution is 0.199. The van der Waals surface area contributed by atoms with Gasteiger partial charge in [-0.3, -0.25) is 0 Å². The minimum Gasteiger partial charge on any atom is -0.383 e. The van der Waals surface area contributed by atoms with Gasteiger partial charge in [-0.05, 0) is 18.2 Å². The Morgan fingerprint density at radius 1 is 1.32 bits per heavy atom. The molecule has 0 aromatic heterocycles. The van der Waals surface area contributed by atoms with Crippen LogP contribution < -0.4 is 10.0 Å². The molecule has 5 nitrogen and oxygen atoms in total. The predicted octanol–water partition coefficient (Wildman–Crippen LogP) is 0.993. The fourth-order valence-corrected chi connectivity index (χ4v) is 2.87. The minimum atomic E-state index is -3.80. The molecule has 0 fully saturated rings. The summed E-state index contributed by atoms with van der Waals surface area (Å²) in [6.45, 7) is 1.79. The molecule has 0 aliphatic carbocycles. The van der Waals surface area contributed by atoms with Crippen molar-refractivity contribution in [2.45, 2.75) is 4.90 Å². The largest absolute Gasteiger partial charge is 0.383 e. The van der Waals surface area contributed by atoms with E-state index >= 15 is 0 Å². The molecular weight excluding hydrogens is 295 g/mol.